The topological polar surface area (TPSA) is 96.3 Å². The Balaban J connectivity index is 1.18. The van der Waals surface area contributed by atoms with Gasteiger partial charge in [-0.3, -0.25) is 9.69 Å². The van der Waals surface area contributed by atoms with Gasteiger partial charge in [0, 0.05) is 81.4 Å². The number of nitrogens with zero attached hydrogens (tertiary/aromatic N) is 4. The Hall–Kier alpha value is -3.86. The normalized spacial score (nSPS) is 17.8. The molecule has 2 aliphatic heterocycles. The zero-order valence-electron chi connectivity index (χ0n) is 27.2. The number of carbonyl (C=O) groups is 1. The average Bonchev–Trinajstić information content (AvgIpc) is 3.48. The molecule has 4 aromatic rings. The van der Waals surface area contributed by atoms with Crippen molar-refractivity contribution in [1.29, 1.82) is 0 Å². The average molecular weight is 628 g/mol. The minimum atomic E-state index is -0.272. The van der Waals surface area contributed by atoms with Crippen molar-refractivity contribution < 1.29 is 13.9 Å². The molecule has 2 saturated heterocycles. The molecular formula is C36H46FN7O2. The molecule has 0 bridgehead atoms. The summed E-state index contributed by atoms with van der Waals surface area (Å²) in [4.78, 5) is 20.9. The van der Waals surface area contributed by atoms with Crippen LogP contribution in [0.15, 0.2) is 48.7 Å². The van der Waals surface area contributed by atoms with Gasteiger partial charge in [0.05, 0.1) is 23.7 Å². The lowest BCUT2D eigenvalue weighted by Gasteiger charge is -2.31. The molecule has 0 spiro atoms. The Kier molecular flexibility index (Phi) is 10.3. The molecule has 6 rings (SSSR count). The van der Waals surface area contributed by atoms with Crippen LogP contribution in [0.2, 0.25) is 0 Å². The first-order chi connectivity index (χ1) is 22.4. The van der Waals surface area contributed by atoms with Gasteiger partial charge in [0.15, 0.2) is 5.65 Å². The van der Waals surface area contributed by atoms with Gasteiger partial charge in [0.25, 0.3) is 0 Å². The third-order valence-corrected chi connectivity index (χ3v) is 9.13. The van der Waals surface area contributed by atoms with Crippen LogP contribution in [0.3, 0.4) is 0 Å². The highest BCUT2D eigenvalue weighted by atomic mass is 19.1. The second kappa shape index (κ2) is 14.7. The number of rotatable bonds is 11. The third kappa shape index (κ3) is 7.40. The molecule has 4 heterocycles. The van der Waals surface area contributed by atoms with Crippen LogP contribution in [-0.4, -0.2) is 70.5 Å². The van der Waals surface area contributed by atoms with Gasteiger partial charge in [-0.2, -0.15) is 5.10 Å². The summed E-state index contributed by atoms with van der Waals surface area (Å²) >= 11 is 0. The summed E-state index contributed by atoms with van der Waals surface area (Å²) in [5, 5.41) is 15.8. The predicted octanol–water partition coefficient (Wildman–Crippen LogP) is 5.06. The van der Waals surface area contributed by atoms with E-state index in [1.165, 1.54) is 6.07 Å². The summed E-state index contributed by atoms with van der Waals surface area (Å²) in [5.74, 6) is -0.377. The van der Waals surface area contributed by atoms with Crippen molar-refractivity contribution in [2.75, 3.05) is 38.2 Å². The van der Waals surface area contributed by atoms with E-state index in [9.17, 15) is 4.79 Å². The lowest BCUT2D eigenvalue weighted by molar-refractivity contribution is -0.120. The molecule has 0 aliphatic carbocycles. The van der Waals surface area contributed by atoms with Crippen molar-refractivity contribution in [3.63, 3.8) is 0 Å². The van der Waals surface area contributed by atoms with Gasteiger partial charge in [-0.1, -0.05) is 31.2 Å². The molecule has 9 nitrogen and oxygen atoms in total. The monoisotopic (exact) mass is 627 g/mol. The smallest absolute Gasteiger partial charge is 0.224 e. The fourth-order valence-corrected chi connectivity index (χ4v) is 6.68. The van der Waals surface area contributed by atoms with E-state index in [0.29, 0.717) is 24.6 Å². The maximum atomic E-state index is 15.1. The minimum Gasteiger partial charge on any atom is -0.381 e. The van der Waals surface area contributed by atoms with Gasteiger partial charge in [-0.05, 0) is 68.0 Å². The molecule has 0 radical (unpaired) electrons. The van der Waals surface area contributed by atoms with Crippen LogP contribution in [0, 0.1) is 5.82 Å². The summed E-state index contributed by atoms with van der Waals surface area (Å²) in [7, 11) is 0. The number of anilines is 1. The Morgan fingerprint density at radius 3 is 2.76 bits per heavy atom. The van der Waals surface area contributed by atoms with E-state index in [-0.39, 0.29) is 24.2 Å². The lowest BCUT2D eigenvalue weighted by Crippen LogP contribution is -2.48. The molecule has 1 amide bonds. The number of piperazine rings is 1. The Morgan fingerprint density at radius 2 is 1.98 bits per heavy atom. The van der Waals surface area contributed by atoms with Gasteiger partial charge in [0.2, 0.25) is 5.91 Å². The van der Waals surface area contributed by atoms with Crippen LogP contribution in [-0.2, 0) is 42.0 Å². The van der Waals surface area contributed by atoms with Gasteiger partial charge < -0.3 is 20.7 Å². The molecule has 2 fully saturated rings. The van der Waals surface area contributed by atoms with E-state index in [2.05, 4.69) is 58.9 Å². The second-order valence-electron chi connectivity index (χ2n) is 12.6. The predicted molar refractivity (Wildman–Crippen MR) is 180 cm³/mol. The second-order valence-corrected chi connectivity index (χ2v) is 12.6. The Bertz CT molecular complexity index is 1670. The number of halogens is 1. The van der Waals surface area contributed by atoms with E-state index in [4.69, 9.17) is 9.72 Å². The summed E-state index contributed by atoms with van der Waals surface area (Å²) in [5.41, 5.74) is 6.98. The van der Waals surface area contributed by atoms with Crippen LogP contribution in [0.1, 0.15) is 56.0 Å². The van der Waals surface area contributed by atoms with Gasteiger partial charge in [-0.15, -0.1) is 0 Å². The molecule has 2 aromatic heterocycles. The molecule has 3 N–H and O–H groups in total. The van der Waals surface area contributed by atoms with Crippen molar-refractivity contribution in [2.45, 2.75) is 78.2 Å². The van der Waals surface area contributed by atoms with Gasteiger partial charge in [0.1, 0.15) is 5.82 Å². The van der Waals surface area contributed by atoms with E-state index in [0.717, 1.165) is 103 Å². The summed E-state index contributed by atoms with van der Waals surface area (Å²) in [6, 6.07) is 13.9. The number of ether oxygens (including phenoxy) is 1. The fourth-order valence-electron chi connectivity index (χ4n) is 6.68. The number of nitrogens with one attached hydrogen (secondary N) is 3. The van der Waals surface area contributed by atoms with Crippen LogP contribution >= 0.6 is 0 Å². The first kappa shape index (κ1) is 32.1. The van der Waals surface area contributed by atoms with E-state index < -0.39 is 0 Å². The molecule has 1 atom stereocenters. The highest BCUT2D eigenvalue weighted by Gasteiger charge is 2.23. The van der Waals surface area contributed by atoms with Crippen molar-refractivity contribution in [3.8, 4) is 11.1 Å². The van der Waals surface area contributed by atoms with Crippen molar-refractivity contribution in [2.24, 2.45) is 0 Å². The van der Waals surface area contributed by atoms with Crippen LogP contribution in [0.5, 0.6) is 0 Å². The molecule has 0 unspecified atom stereocenters. The molecule has 0 saturated carbocycles. The number of aromatic nitrogens is 3. The molecule has 10 heteroatoms. The maximum Gasteiger partial charge on any atom is 0.224 e. The SMILES string of the molecule is CCc1nc2c(cnn2CC)c(NC2CCOCC2)c1CC(=O)NCc1ccc(F)c(-c2cccc(CN3CCN[C@@H](C)C3)c2)c1. The summed E-state index contributed by atoms with van der Waals surface area (Å²) in [6.07, 6.45) is 4.56. The number of fused-ring (bicyclic) bond motifs is 1. The third-order valence-electron chi connectivity index (χ3n) is 9.13. The number of amides is 1. The molecule has 244 valence electrons. The van der Waals surface area contributed by atoms with Crippen molar-refractivity contribution >= 4 is 22.6 Å². The number of aryl methyl sites for hydroxylation is 2. The lowest BCUT2D eigenvalue weighted by atomic mass is 9.99. The number of pyridine rings is 1. The zero-order chi connectivity index (χ0) is 32.0. The Labute approximate surface area is 270 Å². The van der Waals surface area contributed by atoms with Crippen molar-refractivity contribution in [3.05, 3.63) is 76.9 Å². The number of benzene rings is 2. The fraction of sp³-hybridized carbons (Fsp3) is 0.472. The zero-order valence-corrected chi connectivity index (χ0v) is 27.2. The summed E-state index contributed by atoms with van der Waals surface area (Å²) < 4.78 is 22.6. The highest BCUT2D eigenvalue weighted by Crippen LogP contribution is 2.32. The van der Waals surface area contributed by atoms with E-state index >= 15 is 4.39 Å². The molecular weight excluding hydrogens is 581 g/mol. The van der Waals surface area contributed by atoms with Gasteiger partial charge >= 0.3 is 0 Å². The molecule has 2 aliphatic rings. The van der Waals surface area contributed by atoms with Crippen molar-refractivity contribution in [1.82, 2.24) is 30.3 Å². The first-order valence-corrected chi connectivity index (χ1v) is 16.7. The van der Waals surface area contributed by atoms with Crippen LogP contribution in [0.4, 0.5) is 10.1 Å². The quantitative estimate of drug-likeness (QED) is 0.214. The first-order valence-electron chi connectivity index (χ1n) is 16.7. The number of hydrogen-bond donors (Lipinski definition) is 3. The maximum absolute atomic E-state index is 15.1. The van der Waals surface area contributed by atoms with E-state index in [1.54, 1.807) is 6.07 Å². The standard InChI is InChI=1S/C36H46FN7O2/c1-4-33-30(35(41-28-11-15-46-16-12-28)31-21-40-44(5-2)36(31)42-33)19-34(45)39-20-25-9-10-32(37)29(18-25)27-8-6-7-26(17-27)23-43-14-13-38-24(3)22-43/h6-10,17-18,21,24,28,38H,4-5,11-16,19-20,22-23H2,1-3H3,(H,39,45)(H,41,42)/t24-/m0/s1. The van der Waals surface area contributed by atoms with Crippen LogP contribution in [0.25, 0.3) is 22.2 Å². The van der Waals surface area contributed by atoms with E-state index in [1.807, 2.05) is 29.1 Å². The Morgan fingerprint density at radius 1 is 1.13 bits per heavy atom. The van der Waals surface area contributed by atoms with Gasteiger partial charge in [-0.25, -0.2) is 14.1 Å². The number of carbonyl (C=O) groups excluding carboxylic acids is 1. The minimum absolute atomic E-state index is 0.105. The summed E-state index contributed by atoms with van der Waals surface area (Å²) in [6.45, 7) is 12.6. The highest BCUT2D eigenvalue weighted by molar-refractivity contribution is 5.94. The molecule has 46 heavy (non-hydrogen) atoms. The largest absolute Gasteiger partial charge is 0.381 e. The number of hydrogen-bond acceptors (Lipinski definition) is 7. The van der Waals surface area contributed by atoms with Crippen LogP contribution < -0.4 is 16.0 Å². The molecule has 2 aromatic carbocycles.